The van der Waals surface area contributed by atoms with Crippen LogP contribution in [0.5, 0.6) is 17.2 Å². The van der Waals surface area contributed by atoms with Gasteiger partial charge in [0.2, 0.25) is 5.78 Å². The number of carbonyl (C=O) groups excluding carboxylic acids is 1. The lowest BCUT2D eigenvalue weighted by atomic mass is 10.1. The molecule has 0 amide bonds. The molecule has 4 nitrogen and oxygen atoms in total. The maximum absolute atomic E-state index is 12.8. The van der Waals surface area contributed by atoms with Crippen molar-refractivity contribution in [2.45, 2.75) is 20.5 Å². The van der Waals surface area contributed by atoms with Crippen molar-refractivity contribution >= 4 is 27.8 Å². The predicted molar refractivity (Wildman–Crippen MR) is 120 cm³/mol. The summed E-state index contributed by atoms with van der Waals surface area (Å²) in [6, 6.07) is 19.1. The molecule has 3 aromatic carbocycles. The van der Waals surface area contributed by atoms with Crippen molar-refractivity contribution in [2.75, 3.05) is 6.61 Å². The lowest BCUT2D eigenvalue weighted by Gasteiger charge is -2.11. The summed E-state index contributed by atoms with van der Waals surface area (Å²) < 4.78 is 18.4. The number of rotatable bonds is 6. The summed E-state index contributed by atoms with van der Waals surface area (Å²) in [6.07, 6.45) is 1.75. The van der Waals surface area contributed by atoms with E-state index in [4.69, 9.17) is 14.2 Å². The minimum Gasteiger partial charge on any atom is -0.494 e. The Bertz CT molecular complexity index is 1100. The molecule has 152 valence electrons. The Kier molecular flexibility index (Phi) is 5.91. The second-order valence-corrected chi connectivity index (χ2v) is 7.84. The number of ether oxygens (including phenoxy) is 3. The lowest BCUT2D eigenvalue weighted by molar-refractivity contribution is 0.101. The minimum atomic E-state index is -0.124. The van der Waals surface area contributed by atoms with Gasteiger partial charge in [0, 0.05) is 10.0 Å². The Morgan fingerprint density at radius 3 is 2.40 bits per heavy atom. The summed E-state index contributed by atoms with van der Waals surface area (Å²) >= 11 is 3.43. The van der Waals surface area contributed by atoms with Crippen molar-refractivity contribution in [1.29, 1.82) is 0 Å². The van der Waals surface area contributed by atoms with Crippen molar-refractivity contribution in [3.8, 4) is 17.2 Å². The number of fused-ring (bicyclic) bond motifs is 1. The van der Waals surface area contributed by atoms with Crippen molar-refractivity contribution in [1.82, 2.24) is 0 Å². The van der Waals surface area contributed by atoms with Gasteiger partial charge in [0.15, 0.2) is 5.76 Å². The van der Waals surface area contributed by atoms with E-state index in [1.54, 1.807) is 12.1 Å². The van der Waals surface area contributed by atoms with E-state index in [2.05, 4.69) is 15.9 Å². The van der Waals surface area contributed by atoms with Crippen LogP contribution in [-0.4, -0.2) is 12.4 Å². The average Bonchev–Trinajstić information content (AvgIpc) is 3.07. The smallest absolute Gasteiger partial charge is 0.231 e. The van der Waals surface area contributed by atoms with E-state index in [9.17, 15) is 4.79 Å². The van der Waals surface area contributed by atoms with Crippen LogP contribution >= 0.6 is 15.9 Å². The standard InChI is InChI=1S/C25H21BrO4/c1-3-28-20-10-6-17(7-11-20)14-23-24(27)21-12-13-22(16(2)25(21)30-23)29-15-18-4-8-19(26)9-5-18/h4-14H,3,15H2,1-2H3/b23-14-. The van der Waals surface area contributed by atoms with Gasteiger partial charge in [0.25, 0.3) is 0 Å². The van der Waals surface area contributed by atoms with E-state index in [1.807, 2.05) is 68.4 Å². The van der Waals surface area contributed by atoms with Crippen LogP contribution < -0.4 is 14.2 Å². The summed E-state index contributed by atoms with van der Waals surface area (Å²) in [5.41, 5.74) is 3.30. The number of ketones is 1. The molecule has 0 spiro atoms. The van der Waals surface area contributed by atoms with Crippen LogP contribution in [0.15, 0.2) is 70.9 Å². The van der Waals surface area contributed by atoms with Crippen LogP contribution in [0.2, 0.25) is 0 Å². The van der Waals surface area contributed by atoms with Crippen LogP contribution in [0.3, 0.4) is 0 Å². The number of hydrogen-bond donors (Lipinski definition) is 0. The fourth-order valence-corrected chi connectivity index (χ4v) is 3.51. The van der Waals surface area contributed by atoms with Gasteiger partial charge in [0.05, 0.1) is 12.2 Å². The van der Waals surface area contributed by atoms with Crippen LogP contribution in [0, 0.1) is 6.92 Å². The van der Waals surface area contributed by atoms with Gasteiger partial charge in [-0.05, 0) is 67.4 Å². The first-order chi connectivity index (χ1) is 14.5. The SMILES string of the molecule is CCOc1ccc(/C=C2\Oc3c(ccc(OCc4ccc(Br)cc4)c3C)C2=O)cc1. The zero-order valence-corrected chi connectivity index (χ0v) is 18.4. The molecule has 3 aromatic rings. The molecule has 5 heteroatoms. The normalized spacial score (nSPS) is 13.8. The number of Topliss-reactive ketones (excluding diaryl/α,β-unsaturated/α-hetero) is 1. The van der Waals surface area contributed by atoms with Crippen LogP contribution in [-0.2, 0) is 6.61 Å². The number of halogens is 1. The van der Waals surface area contributed by atoms with Gasteiger partial charge in [-0.1, -0.05) is 40.2 Å². The van der Waals surface area contributed by atoms with Gasteiger partial charge in [0.1, 0.15) is 23.9 Å². The van der Waals surface area contributed by atoms with Crippen LogP contribution in [0.25, 0.3) is 6.08 Å². The zero-order valence-electron chi connectivity index (χ0n) is 16.8. The van der Waals surface area contributed by atoms with E-state index < -0.39 is 0 Å². The zero-order chi connectivity index (χ0) is 21.1. The number of benzene rings is 3. The molecule has 30 heavy (non-hydrogen) atoms. The molecule has 0 aliphatic carbocycles. The molecule has 0 saturated heterocycles. The summed E-state index contributed by atoms with van der Waals surface area (Å²) in [4.78, 5) is 12.8. The molecule has 1 heterocycles. The van der Waals surface area contributed by atoms with Crippen molar-refractivity contribution < 1.29 is 19.0 Å². The predicted octanol–water partition coefficient (Wildman–Crippen LogP) is 6.35. The Labute approximate surface area is 184 Å². The second-order valence-electron chi connectivity index (χ2n) is 6.92. The van der Waals surface area contributed by atoms with E-state index in [-0.39, 0.29) is 5.78 Å². The highest BCUT2D eigenvalue weighted by Gasteiger charge is 2.30. The average molecular weight is 465 g/mol. The molecule has 0 saturated carbocycles. The highest BCUT2D eigenvalue weighted by molar-refractivity contribution is 9.10. The van der Waals surface area contributed by atoms with E-state index in [0.717, 1.165) is 26.9 Å². The molecule has 1 aliphatic heterocycles. The first kappa shape index (κ1) is 20.2. The Morgan fingerprint density at radius 1 is 0.967 bits per heavy atom. The number of hydrogen-bond acceptors (Lipinski definition) is 4. The molecule has 0 fully saturated rings. The summed E-state index contributed by atoms with van der Waals surface area (Å²) in [7, 11) is 0. The third-order valence-corrected chi connectivity index (χ3v) is 5.36. The molecular weight excluding hydrogens is 444 g/mol. The third-order valence-electron chi connectivity index (χ3n) is 4.83. The van der Waals surface area contributed by atoms with E-state index in [0.29, 0.717) is 36.0 Å². The summed E-state index contributed by atoms with van der Waals surface area (Å²) in [5, 5.41) is 0. The Hall–Kier alpha value is -3.05. The van der Waals surface area contributed by atoms with Crippen molar-refractivity contribution in [3.05, 3.63) is 93.1 Å². The highest BCUT2D eigenvalue weighted by atomic mass is 79.9. The monoisotopic (exact) mass is 464 g/mol. The fraction of sp³-hybridized carbons (Fsp3) is 0.160. The quantitative estimate of drug-likeness (QED) is 0.398. The Morgan fingerprint density at radius 2 is 1.70 bits per heavy atom. The first-order valence-corrected chi connectivity index (χ1v) is 10.5. The first-order valence-electron chi connectivity index (χ1n) is 9.73. The molecule has 0 atom stereocenters. The lowest BCUT2D eigenvalue weighted by Crippen LogP contribution is -1.98. The van der Waals surface area contributed by atoms with Gasteiger partial charge >= 0.3 is 0 Å². The molecule has 0 N–H and O–H groups in total. The molecule has 0 radical (unpaired) electrons. The fourth-order valence-electron chi connectivity index (χ4n) is 3.24. The largest absolute Gasteiger partial charge is 0.494 e. The summed E-state index contributed by atoms with van der Waals surface area (Å²) in [6.45, 7) is 4.90. The molecule has 1 aliphatic rings. The topological polar surface area (TPSA) is 44.8 Å². The van der Waals surface area contributed by atoms with E-state index in [1.165, 1.54) is 0 Å². The van der Waals surface area contributed by atoms with Crippen molar-refractivity contribution in [3.63, 3.8) is 0 Å². The molecule has 0 unspecified atom stereocenters. The maximum Gasteiger partial charge on any atom is 0.231 e. The van der Waals surface area contributed by atoms with Gasteiger partial charge in [-0.25, -0.2) is 0 Å². The number of carbonyl (C=O) groups is 1. The summed E-state index contributed by atoms with van der Waals surface area (Å²) in [5.74, 6) is 2.24. The second kappa shape index (κ2) is 8.76. The highest BCUT2D eigenvalue weighted by Crippen LogP contribution is 2.39. The molecule has 4 rings (SSSR count). The van der Waals surface area contributed by atoms with Crippen LogP contribution in [0.1, 0.15) is 34.0 Å². The molecular formula is C25H21BrO4. The van der Waals surface area contributed by atoms with E-state index >= 15 is 0 Å². The maximum atomic E-state index is 12.8. The Balaban J connectivity index is 1.52. The number of allylic oxidation sites excluding steroid dienone is 1. The third kappa shape index (κ3) is 4.26. The molecule has 0 bridgehead atoms. The van der Waals surface area contributed by atoms with Gasteiger partial charge in [-0.15, -0.1) is 0 Å². The van der Waals surface area contributed by atoms with Crippen LogP contribution in [0.4, 0.5) is 0 Å². The van der Waals surface area contributed by atoms with Gasteiger partial charge in [-0.2, -0.15) is 0 Å². The van der Waals surface area contributed by atoms with Gasteiger partial charge < -0.3 is 14.2 Å². The minimum absolute atomic E-state index is 0.124. The van der Waals surface area contributed by atoms with Gasteiger partial charge in [-0.3, -0.25) is 4.79 Å². The molecule has 0 aromatic heterocycles. The van der Waals surface area contributed by atoms with Crippen molar-refractivity contribution in [2.24, 2.45) is 0 Å².